The summed E-state index contributed by atoms with van der Waals surface area (Å²) < 4.78 is 24.2. The van der Waals surface area contributed by atoms with Crippen molar-refractivity contribution in [1.29, 1.82) is 0 Å². The molecule has 0 aliphatic rings. The van der Waals surface area contributed by atoms with Gasteiger partial charge in [-0.25, -0.2) is 8.42 Å². The molecule has 3 N–H and O–H groups in total. The van der Waals surface area contributed by atoms with Crippen molar-refractivity contribution in [3.8, 4) is 0 Å². The number of rotatable bonds is 1. The minimum absolute atomic E-state index is 0.245. The summed E-state index contributed by atoms with van der Waals surface area (Å²) in [6, 6.07) is 0. The monoisotopic (exact) mass is 155 g/mol. The van der Waals surface area contributed by atoms with Gasteiger partial charge in [-0.1, -0.05) is 6.92 Å². The van der Waals surface area contributed by atoms with Crippen LogP contribution in [-0.4, -0.2) is 18.9 Å². The van der Waals surface area contributed by atoms with Crippen LogP contribution in [0.4, 0.5) is 0 Å². The Hall–Kier alpha value is -0.620. The molecule has 0 aromatic carbocycles. The lowest BCUT2D eigenvalue weighted by atomic mass is 10.5. The van der Waals surface area contributed by atoms with Gasteiger partial charge in [-0.05, 0) is 0 Å². The summed E-state index contributed by atoms with van der Waals surface area (Å²) in [5.41, 5.74) is 4.65. The van der Waals surface area contributed by atoms with Crippen LogP contribution >= 0.6 is 0 Å². The zero-order chi connectivity index (χ0) is 7.86. The Morgan fingerprint density at radius 1 is 1.67 bits per heavy atom. The Balaban J connectivity index is 0. The minimum Gasteiger partial charge on any atom is -0.370 e. The van der Waals surface area contributed by atoms with Crippen LogP contribution in [0.1, 0.15) is 13.3 Å². The molecule has 1 amide bonds. The summed E-state index contributed by atoms with van der Waals surface area (Å²) in [7, 11) is -3.12. The lowest BCUT2D eigenvalue weighted by molar-refractivity contribution is -0.117. The van der Waals surface area contributed by atoms with Crippen LogP contribution in [0.2, 0.25) is 0 Å². The Labute approximate surface area is 54.6 Å². The standard InChI is InChI=1S/C3H7NO.H2O3S/c1-2-3(4)5;1-4(2)3/h2H2,1H3,(H2,4,5);4H,(H,1,2,3). The number of hydrogen-bond donors (Lipinski definition) is 3. The average molecular weight is 155 g/mol. The van der Waals surface area contributed by atoms with Crippen LogP contribution in [0.15, 0.2) is 0 Å². The van der Waals surface area contributed by atoms with Crippen LogP contribution in [0.5, 0.6) is 0 Å². The number of primary amides is 1. The predicted molar refractivity (Wildman–Crippen MR) is 32.4 cm³/mol. The van der Waals surface area contributed by atoms with Crippen molar-refractivity contribution in [1.82, 2.24) is 0 Å². The quantitative estimate of drug-likeness (QED) is 0.332. The predicted octanol–water partition coefficient (Wildman–Crippen LogP) is -1.05. The number of thiol groups is 1. The first-order chi connectivity index (χ1) is 4.00. The molecule has 9 heavy (non-hydrogen) atoms. The molecule has 0 heterocycles. The molecule has 0 aliphatic carbocycles. The molecular formula is C3H9NO4S. The second-order valence-electron chi connectivity index (χ2n) is 1.06. The van der Waals surface area contributed by atoms with Crippen LogP contribution < -0.4 is 5.73 Å². The topological polar surface area (TPSA) is 97.5 Å². The summed E-state index contributed by atoms with van der Waals surface area (Å²) in [6.45, 7) is 1.72. The van der Waals surface area contributed by atoms with Gasteiger partial charge in [0, 0.05) is 6.42 Å². The van der Waals surface area contributed by atoms with Gasteiger partial charge in [0.25, 0.3) is 11.0 Å². The first kappa shape index (κ1) is 11.2. The largest absolute Gasteiger partial charge is 0.370 e. The maximum absolute atomic E-state index is 9.59. The van der Waals surface area contributed by atoms with E-state index in [1.165, 1.54) is 0 Å². The number of carbonyl (C=O) groups is 1. The first-order valence-electron chi connectivity index (χ1n) is 2.12. The van der Waals surface area contributed by atoms with Crippen LogP contribution in [0.3, 0.4) is 0 Å². The lowest BCUT2D eigenvalue weighted by Gasteiger charge is -1.73. The fourth-order valence-corrected chi connectivity index (χ4v) is 0. The first-order valence-corrected chi connectivity index (χ1v) is 3.25. The second-order valence-corrected chi connectivity index (χ2v) is 1.53. The van der Waals surface area contributed by atoms with Gasteiger partial charge >= 0.3 is 0 Å². The van der Waals surface area contributed by atoms with Gasteiger partial charge in [0.2, 0.25) is 5.91 Å². The third-order valence-corrected chi connectivity index (χ3v) is 0.348. The molecule has 0 saturated heterocycles. The fourth-order valence-electron chi connectivity index (χ4n) is 0. The van der Waals surface area contributed by atoms with E-state index in [2.05, 4.69) is 5.73 Å². The molecule has 0 unspecified atom stereocenters. The van der Waals surface area contributed by atoms with Gasteiger partial charge in [-0.15, -0.1) is 0 Å². The number of amides is 1. The molecule has 0 atom stereocenters. The molecule has 0 fully saturated rings. The normalized spacial score (nSPS) is 7.89. The van der Waals surface area contributed by atoms with Gasteiger partial charge in [0.1, 0.15) is 0 Å². The van der Waals surface area contributed by atoms with Gasteiger partial charge in [-0.2, -0.15) is 0 Å². The molecule has 0 saturated carbocycles. The molecule has 0 aliphatic heterocycles. The maximum atomic E-state index is 9.59. The highest BCUT2D eigenvalue weighted by Gasteiger charge is 1.77. The number of carbonyl (C=O) groups excluding carboxylic acids is 1. The highest BCUT2D eigenvalue weighted by Crippen LogP contribution is 1.63. The van der Waals surface area contributed by atoms with E-state index in [9.17, 15) is 4.79 Å². The van der Waals surface area contributed by atoms with E-state index < -0.39 is 11.0 Å². The lowest BCUT2D eigenvalue weighted by Crippen LogP contribution is -2.06. The second kappa shape index (κ2) is 7.38. The molecule has 0 radical (unpaired) electrons. The van der Waals surface area contributed by atoms with Crippen molar-refractivity contribution in [3.05, 3.63) is 0 Å². The summed E-state index contributed by atoms with van der Waals surface area (Å²) in [6.07, 6.45) is 0.444. The van der Waals surface area contributed by atoms with Crippen LogP contribution in [0.25, 0.3) is 0 Å². The molecule has 0 aromatic heterocycles. The highest BCUT2D eigenvalue weighted by molar-refractivity contribution is 7.66. The Bertz CT molecular complexity index is 133. The third-order valence-electron chi connectivity index (χ3n) is 0.348. The zero-order valence-corrected chi connectivity index (χ0v) is 5.80. The van der Waals surface area contributed by atoms with E-state index in [0.29, 0.717) is 6.42 Å². The Morgan fingerprint density at radius 2 is 1.78 bits per heavy atom. The molecule has 56 valence electrons. The van der Waals surface area contributed by atoms with Gasteiger partial charge in [0.15, 0.2) is 0 Å². The van der Waals surface area contributed by atoms with E-state index >= 15 is 0 Å². The summed E-state index contributed by atoms with van der Waals surface area (Å²) >= 11 is 0. The van der Waals surface area contributed by atoms with E-state index in [-0.39, 0.29) is 5.91 Å². The Morgan fingerprint density at radius 3 is 1.78 bits per heavy atom. The summed E-state index contributed by atoms with van der Waals surface area (Å²) in [4.78, 5) is 9.59. The molecule has 6 heteroatoms. The molecule has 0 bridgehead atoms. The molecular weight excluding hydrogens is 146 g/mol. The van der Waals surface area contributed by atoms with Crippen molar-refractivity contribution in [2.45, 2.75) is 13.3 Å². The van der Waals surface area contributed by atoms with E-state index in [1.54, 1.807) is 6.92 Å². The van der Waals surface area contributed by atoms with Crippen molar-refractivity contribution in [2.24, 2.45) is 5.73 Å². The summed E-state index contributed by atoms with van der Waals surface area (Å²) in [5, 5.41) is 0. The van der Waals surface area contributed by atoms with Gasteiger partial charge in [0.05, 0.1) is 0 Å². The van der Waals surface area contributed by atoms with E-state index in [0.717, 1.165) is 0 Å². The smallest absolute Gasteiger partial charge is 0.254 e. The van der Waals surface area contributed by atoms with Crippen molar-refractivity contribution in [3.63, 3.8) is 0 Å². The molecule has 0 aromatic rings. The average Bonchev–Trinajstić information content (AvgIpc) is 1.65. The van der Waals surface area contributed by atoms with Crippen LogP contribution in [-0.2, 0) is 15.8 Å². The SMILES string of the molecule is CCC(N)=O.O=[SH](=O)O. The van der Waals surface area contributed by atoms with E-state index in [4.69, 9.17) is 13.0 Å². The van der Waals surface area contributed by atoms with E-state index in [1.807, 2.05) is 0 Å². The van der Waals surface area contributed by atoms with Crippen molar-refractivity contribution < 1.29 is 17.8 Å². The minimum atomic E-state index is -3.12. The van der Waals surface area contributed by atoms with Crippen molar-refractivity contribution >= 4 is 16.9 Å². The molecule has 0 spiro atoms. The third kappa shape index (κ3) is 112. The van der Waals surface area contributed by atoms with Crippen LogP contribution in [0, 0.1) is 0 Å². The van der Waals surface area contributed by atoms with Crippen molar-refractivity contribution in [2.75, 3.05) is 0 Å². The Kier molecular flexibility index (Phi) is 9.19. The maximum Gasteiger partial charge on any atom is 0.254 e. The number of nitrogens with two attached hydrogens (primary N) is 1. The summed E-state index contributed by atoms with van der Waals surface area (Å²) in [5.74, 6) is -0.245. The van der Waals surface area contributed by atoms with Gasteiger partial charge in [-0.3, -0.25) is 9.35 Å². The highest BCUT2D eigenvalue weighted by atomic mass is 32.2. The number of hydrogen-bond acceptors (Lipinski definition) is 3. The molecule has 0 rings (SSSR count). The fraction of sp³-hybridized carbons (Fsp3) is 0.667. The van der Waals surface area contributed by atoms with Gasteiger partial charge < -0.3 is 5.73 Å². The zero-order valence-electron chi connectivity index (χ0n) is 4.90. The molecule has 5 nitrogen and oxygen atoms in total.